The summed E-state index contributed by atoms with van der Waals surface area (Å²) in [5.41, 5.74) is 1.09. The Labute approximate surface area is 105 Å². The average Bonchev–Trinajstić information content (AvgIpc) is 2.68. The van der Waals surface area contributed by atoms with Crippen LogP contribution >= 0.6 is 15.9 Å². The lowest BCUT2D eigenvalue weighted by Gasteiger charge is -2.14. The van der Waals surface area contributed by atoms with Crippen molar-refractivity contribution in [3.05, 3.63) is 34.3 Å². The van der Waals surface area contributed by atoms with Crippen molar-refractivity contribution in [1.29, 1.82) is 0 Å². The molecule has 0 bridgehead atoms. The third kappa shape index (κ3) is 2.53. The van der Waals surface area contributed by atoms with E-state index in [1.807, 2.05) is 24.3 Å². The number of ketones is 1. The summed E-state index contributed by atoms with van der Waals surface area (Å²) in [6, 6.07) is 8.27. The zero-order chi connectivity index (χ0) is 11.5. The summed E-state index contributed by atoms with van der Waals surface area (Å²) >= 11 is 3.48. The number of hydrogen-bond donors (Lipinski definition) is 1. The Morgan fingerprint density at radius 2 is 2.25 bits per heavy atom. The van der Waals surface area contributed by atoms with Crippen LogP contribution in [0, 0.1) is 5.92 Å². The standard InChI is InChI=1S/C13H16BrNO/c1-9-11(6-7-15-9)13(16)8-10-4-2-3-5-12(10)14/h2-5,9,11,15H,6-8H2,1H3. The van der Waals surface area contributed by atoms with Crippen LogP contribution < -0.4 is 5.32 Å². The minimum atomic E-state index is 0.187. The predicted molar refractivity (Wildman–Crippen MR) is 68.4 cm³/mol. The molecule has 16 heavy (non-hydrogen) atoms. The lowest BCUT2D eigenvalue weighted by Crippen LogP contribution is -2.29. The van der Waals surface area contributed by atoms with E-state index in [0.29, 0.717) is 18.2 Å². The quantitative estimate of drug-likeness (QED) is 0.923. The van der Waals surface area contributed by atoms with Crippen LogP contribution in [0.3, 0.4) is 0 Å². The molecule has 2 unspecified atom stereocenters. The molecule has 0 saturated carbocycles. The molecule has 1 aromatic rings. The van der Waals surface area contributed by atoms with Gasteiger partial charge in [0.05, 0.1) is 0 Å². The number of hydrogen-bond acceptors (Lipinski definition) is 2. The second-order valence-electron chi connectivity index (χ2n) is 4.37. The van der Waals surface area contributed by atoms with E-state index in [4.69, 9.17) is 0 Å². The summed E-state index contributed by atoms with van der Waals surface area (Å²) in [4.78, 5) is 12.1. The molecule has 1 heterocycles. The van der Waals surface area contributed by atoms with Gasteiger partial charge in [-0.2, -0.15) is 0 Å². The Morgan fingerprint density at radius 1 is 1.50 bits per heavy atom. The molecule has 0 aliphatic carbocycles. The lowest BCUT2D eigenvalue weighted by atomic mass is 9.92. The van der Waals surface area contributed by atoms with Crippen molar-refractivity contribution >= 4 is 21.7 Å². The third-order valence-corrected chi connectivity index (χ3v) is 4.03. The molecule has 0 radical (unpaired) electrons. The summed E-state index contributed by atoms with van der Waals surface area (Å²) in [7, 11) is 0. The van der Waals surface area contributed by atoms with Gasteiger partial charge in [-0.25, -0.2) is 0 Å². The van der Waals surface area contributed by atoms with Crippen molar-refractivity contribution in [3.8, 4) is 0 Å². The summed E-state index contributed by atoms with van der Waals surface area (Å²) in [5, 5.41) is 3.32. The Morgan fingerprint density at radius 3 is 2.88 bits per heavy atom. The van der Waals surface area contributed by atoms with Gasteiger partial charge in [-0.15, -0.1) is 0 Å². The molecule has 1 aliphatic heterocycles. The van der Waals surface area contributed by atoms with E-state index in [1.165, 1.54) is 0 Å². The Hall–Kier alpha value is -0.670. The van der Waals surface area contributed by atoms with Crippen LogP contribution in [0.25, 0.3) is 0 Å². The maximum atomic E-state index is 12.1. The summed E-state index contributed by atoms with van der Waals surface area (Å²) in [6.07, 6.45) is 1.52. The molecule has 0 aromatic heterocycles. The highest BCUT2D eigenvalue weighted by Gasteiger charge is 2.29. The number of carbonyl (C=O) groups excluding carboxylic acids is 1. The number of benzene rings is 1. The van der Waals surface area contributed by atoms with E-state index in [2.05, 4.69) is 28.2 Å². The van der Waals surface area contributed by atoms with E-state index in [9.17, 15) is 4.79 Å². The molecule has 1 saturated heterocycles. The van der Waals surface area contributed by atoms with Crippen LogP contribution in [0.2, 0.25) is 0 Å². The third-order valence-electron chi connectivity index (χ3n) is 3.26. The monoisotopic (exact) mass is 281 g/mol. The van der Waals surface area contributed by atoms with Gasteiger partial charge < -0.3 is 5.32 Å². The lowest BCUT2D eigenvalue weighted by molar-refractivity contribution is -0.122. The predicted octanol–water partition coefficient (Wildman–Crippen LogP) is 2.56. The first-order chi connectivity index (χ1) is 7.68. The highest BCUT2D eigenvalue weighted by atomic mass is 79.9. The molecule has 1 aliphatic rings. The minimum absolute atomic E-state index is 0.187. The molecule has 0 spiro atoms. The first-order valence-electron chi connectivity index (χ1n) is 5.68. The van der Waals surface area contributed by atoms with Crippen LogP contribution in [0.1, 0.15) is 18.9 Å². The highest BCUT2D eigenvalue weighted by molar-refractivity contribution is 9.10. The molecule has 2 rings (SSSR count). The largest absolute Gasteiger partial charge is 0.314 e. The SMILES string of the molecule is CC1NCCC1C(=O)Cc1ccccc1Br. The van der Waals surface area contributed by atoms with Gasteiger partial charge in [0, 0.05) is 22.9 Å². The topological polar surface area (TPSA) is 29.1 Å². The van der Waals surface area contributed by atoms with E-state index < -0.39 is 0 Å². The van der Waals surface area contributed by atoms with Gasteiger partial charge in [-0.05, 0) is 31.5 Å². The van der Waals surface area contributed by atoms with Gasteiger partial charge in [0.15, 0.2) is 0 Å². The second kappa shape index (κ2) is 5.11. The molecule has 1 aromatic carbocycles. The van der Waals surface area contributed by atoms with Gasteiger partial charge in [0.2, 0.25) is 0 Å². The van der Waals surface area contributed by atoms with Crippen molar-refractivity contribution in [2.45, 2.75) is 25.8 Å². The Bertz CT molecular complexity index is 391. The number of Topliss-reactive ketones (excluding diaryl/α,β-unsaturated/α-hetero) is 1. The smallest absolute Gasteiger partial charge is 0.141 e. The fraction of sp³-hybridized carbons (Fsp3) is 0.462. The number of nitrogens with one attached hydrogen (secondary N) is 1. The fourth-order valence-corrected chi connectivity index (χ4v) is 2.68. The number of carbonyl (C=O) groups is 1. The van der Waals surface area contributed by atoms with Gasteiger partial charge in [-0.3, -0.25) is 4.79 Å². The van der Waals surface area contributed by atoms with Crippen molar-refractivity contribution in [3.63, 3.8) is 0 Å². The van der Waals surface area contributed by atoms with Crippen LogP contribution in [-0.4, -0.2) is 18.4 Å². The van der Waals surface area contributed by atoms with Gasteiger partial charge in [0.25, 0.3) is 0 Å². The number of halogens is 1. The van der Waals surface area contributed by atoms with Crippen molar-refractivity contribution < 1.29 is 4.79 Å². The normalized spacial score (nSPS) is 24.6. The summed E-state index contributed by atoms with van der Waals surface area (Å²) in [6.45, 7) is 3.06. The zero-order valence-electron chi connectivity index (χ0n) is 9.37. The maximum absolute atomic E-state index is 12.1. The molecule has 2 nitrogen and oxygen atoms in total. The Balaban J connectivity index is 2.05. The molecule has 3 heteroatoms. The molecular formula is C13H16BrNO. The fourth-order valence-electron chi connectivity index (χ4n) is 2.26. The number of rotatable bonds is 3. The van der Waals surface area contributed by atoms with Crippen LogP contribution in [-0.2, 0) is 11.2 Å². The summed E-state index contributed by atoms with van der Waals surface area (Å²) < 4.78 is 1.03. The van der Waals surface area contributed by atoms with E-state index in [1.54, 1.807) is 0 Å². The van der Waals surface area contributed by atoms with Gasteiger partial charge >= 0.3 is 0 Å². The highest BCUT2D eigenvalue weighted by Crippen LogP contribution is 2.22. The van der Waals surface area contributed by atoms with Crippen LogP contribution in [0.4, 0.5) is 0 Å². The van der Waals surface area contributed by atoms with Crippen molar-refractivity contribution in [2.24, 2.45) is 5.92 Å². The molecule has 0 amide bonds. The molecule has 1 N–H and O–H groups in total. The van der Waals surface area contributed by atoms with E-state index in [-0.39, 0.29) is 5.92 Å². The first-order valence-corrected chi connectivity index (χ1v) is 6.47. The minimum Gasteiger partial charge on any atom is -0.314 e. The van der Waals surface area contributed by atoms with E-state index >= 15 is 0 Å². The molecule has 2 atom stereocenters. The van der Waals surface area contributed by atoms with Crippen LogP contribution in [0.5, 0.6) is 0 Å². The second-order valence-corrected chi connectivity index (χ2v) is 5.23. The van der Waals surface area contributed by atoms with Crippen molar-refractivity contribution in [2.75, 3.05) is 6.54 Å². The van der Waals surface area contributed by atoms with Gasteiger partial charge in [0.1, 0.15) is 5.78 Å². The zero-order valence-corrected chi connectivity index (χ0v) is 11.0. The first kappa shape index (κ1) is 11.8. The van der Waals surface area contributed by atoms with Gasteiger partial charge in [-0.1, -0.05) is 34.1 Å². The molecular weight excluding hydrogens is 266 g/mol. The molecule has 86 valence electrons. The average molecular weight is 282 g/mol. The molecule has 1 fully saturated rings. The maximum Gasteiger partial charge on any atom is 0.141 e. The Kier molecular flexibility index (Phi) is 3.77. The summed E-state index contributed by atoms with van der Waals surface area (Å²) in [5.74, 6) is 0.538. The van der Waals surface area contributed by atoms with Crippen LogP contribution in [0.15, 0.2) is 28.7 Å². The van der Waals surface area contributed by atoms with E-state index in [0.717, 1.165) is 23.0 Å². The van der Waals surface area contributed by atoms with Crippen molar-refractivity contribution in [1.82, 2.24) is 5.32 Å².